The monoisotopic (exact) mass is 569 g/mol. The maximum absolute atomic E-state index is 13.1. The lowest BCUT2D eigenvalue weighted by Gasteiger charge is -2.23. The molecule has 2 aromatic rings. The van der Waals surface area contributed by atoms with E-state index >= 15 is 0 Å². The Kier molecular flexibility index (Phi) is 10.2. The summed E-state index contributed by atoms with van der Waals surface area (Å²) in [7, 11) is -3.83. The number of aryl methyl sites for hydroxylation is 1. The molecule has 0 spiro atoms. The van der Waals surface area contributed by atoms with Crippen molar-refractivity contribution in [1.29, 1.82) is 0 Å². The molecule has 3 amide bonds. The zero-order valence-corrected chi connectivity index (χ0v) is 24.5. The molecular weight excluding hydrogens is 530 g/mol. The lowest BCUT2D eigenvalue weighted by Crippen LogP contribution is -2.44. The van der Waals surface area contributed by atoms with Crippen molar-refractivity contribution in [2.45, 2.75) is 70.2 Å². The highest BCUT2D eigenvalue weighted by Gasteiger charge is 2.30. The molecule has 1 fully saturated rings. The third kappa shape index (κ3) is 9.01. The number of hydrogen-bond acceptors (Lipinski definition) is 6. The molecule has 1 aliphatic heterocycles. The third-order valence-electron chi connectivity index (χ3n) is 6.55. The van der Waals surface area contributed by atoms with E-state index in [4.69, 9.17) is 0 Å². The predicted molar refractivity (Wildman–Crippen MR) is 154 cm³/mol. The molecule has 1 aliphatic rings. The van der Waals surface area contributed by atoms with E-state index in [0.29, 0.717) is 30.6 Å². The van der Waals surface area contributed by atoms with Crippen molar-refractivity contribution in [1.82, 2.24) is 10.6 Å². The van der Waals surface area contributed by atoms with Crippen molar-refractivity contribution in [2.75, 3.05) is 23.7 Å². The van der Waals surface area contributed by atoms with Crippen LogP contribution in [0.5, 0.6) is 0 Å². The van der Waals surface area contributed by atoms with E-state index in [9.17, 15) is 27.6 Å². The number of sulfone groups is 1. The molecular formula is C30H39N3O6S. The van der Waals surface area contributed by atoms with Crippen LogP contribution >= 0.6 is 0 Å². The van der Waals surface area contributed by atoms with Crippen LogP contribution in [0.1, 0.15) is 68.8 Å². The van der Waals surface area contributed by atoms with Gasteiger partial charge >= 0.3 is 0 Å². The van der Waals surface area contributed by atoms with E-state index in [1.165, 1.54) is 12.1 Å². The Morgan fingerprint density at radius 3 is 2.38 bits per heavy atom. The van der Waals surface area contributed by atoms with Gasteiger partial charge in [0.1, 0.15) is 0 Å². The summed E-state index contributed by atoms with van der Waals surface area (Å²) in [4.78, 5) is 52.3. The average molecular weight is 570 g/mol. The second-order valence-corrected chi connectivity index (χ2v) is 13.3. The summed E-state index contributed by atoms with van der Waals surface area (Å²) in [6, 6.07) is 13.3. The average Bonchev–Trinajstić information content (AvgIpc) is 3.31. The number of Topliss-reactive ketones (excluding diaryl/α,β-unsaturated/α-hetero) is 1. The minimum absolute atomic E-state index is 0.0439. The normalized spacial score (nSPS) is 14.6. The van der Waals surface area contributed by atoms with Gasteiger partial charge in [0.05, 0.1) is 16.6 Å². The molecule has 0 aliphatic carbocycles. The van der Waals surface area contributed by atoms with Gasteiger partial charge in [-0.15, -0.1) is 0 Å². The largest absolute Gasteiger partial charge is 0.356 e. The first-order valence-electron chi connectivity index (χ1n) is 13.6. The SMILES string of the molecule is Cc1ccc(S(=O)(=O)C[C@@H](CC(=O)NC(C)(C)C)C(=O)NCCCC(=O)c2cccc(N3CCCC3=O)c2)cc1. The van der Waals surface area contributed by atoms with Crippen molar-refractivity contribution >= 4 is 39.0 Å². The first-order chi connectivity index (χ1) is 18.7. The fraction of sp³-hybridized carbons (Fsp3) is 0.467. The Hall–Kier alpha value is -3.53. The Morgan fingerprint density at radius 2 is 1.75 bits per heavy atom. The van der Waals surface area contributed by atoms with Gasteiger partial charge in [-0.05, 0) is 64.8 Å². The third-order valence-corrected chi connectivity index (χ3v) is 8.38. The topological polar surface area (TPSA) is 130 Å². The summed E-state index contributed by atoms with van der Waals surface area (Å²) in [6.45, 7) is 8.05. The zero-order valence-electron chi connectivity index (χ0n) is 23.7. The van der Waals surface area contributed by atoms with E-state index in [1.54, 1.807) is 62.1 Å². The van der Waals surface area contributed by atoms with Crippen LogP contribution in [0.15, 0.2) is 53.4 Å². The number of hydrogen-bond donors (Lipinski definition) is 2. The highest BCUT2D eigenvalue weighted by molar-refractivity contribution is 7.91. The fourth-order valence-electron chi connectivity index (χ4n) is 4.54. The summed E-state index contributed by atoms with van der Waals surface area (Å²) in [5.74, 6) is -2.66. The van der Waals surface area contributed by atoms with Crippen LogP contribution in [0.2, 0.25) is 0 Å². The van der Waals surface area contributed by atoms with E-state index in [-0.39, 0.29) is 36.0 Å². The smallest absolute Gasteiger partial charge is 0.227 e. The van der Waals surface area contributed by atoms with Crippen LogP contribution in [-0.2, 0) is 24.2 Å². The van der Waals surface area contributed by atoms with Crippen LogP contribution in [0, 0.1) is 12.8 Å². The van der Waals surface area contributed by atoms with Gasteiger partial charge in [0.15, 0.2) is 15.6 Å². The molecule has 2 N–H and O–H groups in total. The van der Waals surface area contributed by atoms with Gasteiger partial charge in [-0.2, -0.15) is 0 Å². The molecule has 3 rings (SSSR count). The summed E-state index contributed by atoms with van der Waals surface area (Å²) in [5.41, 5.74) is 1.56. The molecule has 1 atom stereocenters. The maximum atomic E-state index is 13.1. The highest BCUT2D eigenvalue weighted by atomic mass is 32.2. The van der Waals surface area contributed by atoms with Gasteiger partial charge in [0.2, 0.25) is 17.7 Å². The Balaban J connectivity index is 1.60. The summed E-state index contributed by atoms with van der Waals surface area (Å²) < 4.78 is 26.1. The van der Waals surface area contributed by atoms with Crippen LogP contribution in [-0.4, -0.2) is 56.3 Å². The number of benzene rings is 2. The van der Waals surface area contributed by atoms with Crippen LogP contribution in [0.3, 0.4) is 0 Å². The van der Waals surface area contributed by atoms with Gasteiger partial charge in [-0.1, -0.05) is 29.8 Å². The first-order valence-corrected chi connectivity index (χ1v) is 15.2. The van der Waals surface area contributed by atoms with Crippen molar-refractivity contribution in [3.8, 4) is 0 Å². The van der Waals surface area contributed by atoms with Crippen LogP contribution in [0.25, 0.3) is 0 Å². The minimum Gasteiger partial charge on any atom is -0.356 e. The standard InChI is InChI=1S/C30H39N3O6S/c1-21-12-14-25(15-13-21)40(38,39)20-23(19-27(35)32-30(2,3)4)29(37)31-16-6-10-26(34)22-8-5-9-24(18-22)33-17-7-11-28(33)36/h5,8-9,12-15,18,23H,6-7,10-11,16-17,19-20H2,1-4H3,(H,31,37)(H,32,35)/t23-/m1/s1. The quantitative estimate of drug-likeness (QED) is 0.297. The number of amides is 3. The molecule has 40 heavy (non-hydrogen) atoms. The van der Waals surface area contributed by atoms with Gasteiger partial charge in [-0.25, -0.2) is 8.42 Å². The molecule has 216 valence electrons. The van der Waals surface area contributed by atoms with Gasteiger partial charge < -0.3 is 15.5 Å². The fourth-order valence-corrected chi connectivity index (χ4v) is 6.09. The van der Waals surface area contributed by atoms with Crippen LogP contribution < -0.4 is 15.5 Å². The van der Waals surface area contributed by atoms with Crippen LogP contribution in [0.4, 0.5) is 5.69 Å². The summed E-state index contributed by atoms with van der Waals surface area (Å²) >= 11 is 0. The molecule has 0 aromatic heterocycles. The molecule has 0 bridgehead atoms. The molecule has 0 saturated carbocycles. The second kappa shape index (κ2) is 13.2. The Bertz CT molecular complexity index is 1350. The predicted octanol–water partition coefficient (Wildman–Crippen LogP) is 3.60. The van der Waals surface area contributed by atoms with E-state index in [0.717, 1.165) is 12.0 Å². The zero-order chi connectivity index (χ0) is 29.5. The van der Waals surface area contributed by atoms with E-state index in [2.05, 4.69) is 10.6 Å². The number of carbonyl (C=O) groups excluding carboxylic acids is 4. The number of nitrogens with zero attached hydrogens (tertiary/aromatic N) is 1. The summed E-state index contributed by atoms with van der Waals surface area (Å²) in [6.07, 6.45) is 1.51. The summed E-state index contributed by atoms with van der Waals surface area (Å²) in [5, 5.41) is 5.50. The van der Waals surface area contributed by atoms with E-state index in [1.807, 2.05) is 6.92 Å². The van der Waals surface area contributed by atoms with Crippen molar-refractivity contribution < 1.29 is 27.6 Å². The molecule has 0 unspecified atom stereocenters. The number of rotatable bonds is 12. The van der Waals surface area contributed by atoms with Gasteiger partial charge in [0.25, 0.3) is 0 Å². The minimum atomic E-state index is -3.83. The maximum Gasteiger partial charge on any atom is 0.227 e. The molecule has 10 heteroatoms. The molecule has 0 radical (unpaired) electrons. The first kappa shape index (κ1) is 31.0. The lowest BCUT2D eigenvalue weighted by molar-refractivity contribution is -0.130. The molecule has 1 saturated heterocycles. The molecule has 1 heterocycles. The lowest BCUT2D eigenvalue weighted by atomic mass is 10.0. The number of nitrogens with one attached hydrogen (secondary N) is 2. The van der Waals surface area contributed by atoms with Crippen molar-refractivity contribution in [3.05, 3.63) is 59.7 Å². The molecule has 2 aromatic carbocycles. The van der Waals surface area contributed by atoms with E-state index < -0.39 is 38.9 Å². The molecule has 9 nitrogen and oxygen atoms in total. The van der Waals surface area contributed by atoms with Crippen molar-refractivity contribution in [3.63, 3.8) is 0 Å². The highest BCUT2D eigenvalue weighted by Crippen LogP contribution is 2.23. The number of ketones is 1. The Labute approximate surface area is 236 Å². The van der Waals surface area contributed by atoms with Crippen molar-refractivity contribution in [2.24, 2.45) is 5.92 Å². The van der Waals surface area contributed by atoms with Gasteiger partial charge in [0, 0.05) is 49.1 Å². The second-order valence-electron chi connectivity index (χ2n) is 11.3. The Morgan fingerprint density at radius 1 is 1.05 bits per heavy atom. The van der Waals surface area contributed by atoms with Gasteiger partial charge in [-0.3, -0.25) is 19.2 Å². The number of carbonyl (C=O) groups is 4. The number of anilines is 1.